The molecule has 0 bridgehead atoms. The molecule has 1 aliphatic rings. The van der Waals surface area contributed by atoms with Crippen LogP contribution in [0.1, 0.15) is 34.6 Å². The molecule has 15 heavy (non-hydrogen) atoms. The smallest absolute Gasteiger partial charge is 0.228 e. The van der Waals surface area contributed by atoms with Crippen LogP contribution >= 0.6 is 12.4 Å². The summed E-state index contributed by atoms with van der Waals surface area (Å²) in [4.78, 5) is 14.0. The first kappa shape index (κ1) is 14.7. The van der Waals surface area contributed by atoms with Crippen molar-refractivity contribution in [1.29, 1.82) is 0 Å². The van der Waals surface area contributed by atoms with Gasteiger partial charge in [-0.2, -0.15) is 0 Å². The molecule has 1 amide bonds. The van der Waals surface area contributed by atoms with Crippen molar-refractivity contribution in [3.63, 3.8) is 0 Å². The summed E-state index contributed by atoms with van der Waals surface area (Å²) >= 11 is 0. The number of carbonyl (C=O) groups excluding carboxylic acids is 1. The minimum atomic E-state index is -0.253. The number of piperazine rings is 1. The van der Waals surface area contributed by atoms with Gasteiger partial charge in [-0.3, -0.25) is 4.79 Å². The van der Waals surface area contributed by atoms with Gasteiger partial charge in [0.05, 0.1) is 0 Å². The highest BCUT2D eigenvalue weighted by Crippen LogP contribution is 2.19. The minimum Gasteiger partial charge on any atom is -0.339 e. The maximum atomic E-state index is 12.0. The molecule has 1 rings (SSSR count). The first-order chi connectivity index (χ1) is 6.30. The van der Waals surface area contributed by atoms with Crippen molar-refractivity contribution in [3.05, 3.63) is 0 Å². The number of amides is 1. The van der Waals surface area contributed by atoms with Gasteiger partial charge in [0.15, 0.2) is 0 Å². The molecule has 1 fully saturated rings. The monoisotopic (exact) mass is 234 g/mol. The molecular formula is C11H23ClN2O. The van der Waals surface area contributed by atoms with Gasteiger partial charge in [-0.25, -0.2) is 0 Å². The first-order valence-electron chi connectivity index (χ1n) is 5.36. The van der Waals surface area contributed by atoms with E-state index in [9.17, 15) is 4.79 Å². The second-order valence-corrected chi connectivity index (χ2v) is 5.43. The molecule has 2 unspecified atom stereocenters. The lowest BCUT2D eigenvalue weighted by Gasteiger charge is -2.39. The average molecular weight is 235 g/mol. The minimum absolute atomic E-state index is 0. The molecule has 1 heterocycles. The summed E-state index contributed by atoms with van der Waals surface area (Å²) in [6.07, 6.45) is 0. The van der Waals surface area contributed by atoms with E-state index in [0.29, 0.717) is 12.1 Å². The van der Waals surface area contributed by atoms with Gasteiger partial charge in [-0.15, -0.1) is 12.4 Å². The summed E-state index contributed by atoms with van der Waals surface area (Å²) in [6, 6.07) is 0.815. The quantitative estimate of drug-likeness (QED) is 0.692. The number of halogens is 1. The van der Waals surface area contributed by atoms with Gasteiger partial charge in [0.2, 0.25) is 5.91 Å². The average Bonchev–Trinajstić information content (AvgIpc) is 1.99. The topological polar surface area (TPSA) is 32.3 Å². The van der Waals surface area contributed by atoms with Gasteiger partial charge in [0.25, 0.3) is 0 Å². The molecule has 1 saturated heterocycles. The number of nitrogens with zero attached hydrogens (tertiary/aromatic N) is 1. The summed E-state index contributed by atoms with van der Waals surface area (Å²) < 4.78 is 0. The number of hydrogen-bond acceptors (Lipinski definition) is 2. The fourth-order valence-electron chi connectivity index (χ4n) is 1.97. The molecule has 90 valence electrons. The van der Waals surface area contributed by atoms with E-state index in [1.54, 1.807) is 0 Å². The van der Waals surface area contributed by atoms with Crippen molar-refractivity contribution in [3.8, 4) is 0 Å². The van der Waals surface area contributed by atoms with Crippen LogP contribution in [-0.4, -0.2) is 36.0 Å². The molecular weight excluding hydrogens is 212 g/mol. The zero-order valence-corrected chi connectivity index (χ0v) is 11.1. The highest BCUT2D eigenvalue weighted by Gasteiger charge is 2.31. The summed E-state index contributed by atoms with van der Waals surface area (Å²) in [6.45, 7) is 11.9. The van der Waals surface area contributed by atoms with E-state index in [-0.39, 0.29) is 23.7 Å². The van der Waals surface area contributed by atoms with Crippen LogP contribution in [0.25, 0.3) is 0 Å². The van der Waals surface area contributed by atoms with Gasteiger partial charge in [-0.1, -0.05) is 20.8 Å². The molecule has 0 aromatic heterocycles. The van der Waals surface area contributed by atoms with E-state index >= 15 is 0 Å². The lowest BCUT2D eigenvalue weighted by molar-refractivity contribution is -0.141. The van der Waals surface area contributed by atoms with E-state index < -0.39 is 0 Å². The number of carbonyl (C=O) groups is 1. The standard InChI is InChI=1S/C11H22N2O.ClH/c1-8-6-13(7-9(2)12-8)10(14)11(3,4)5;/h8-9,12H,6-7H2,1-5H3;1H. The zero-order chi connectivity index (χ0) is 10.9. The Bertz CT molecular complexity index is 215. The summed E-state index contributed by atoms with van der Waals surface area (Å²) in [5, 5.41) is 3.42. The third-order valence-corrected chi connectivity index (χ3v) is 2.49. The Hall–Kier alpha value is -0.280. The Kier molecular flexibility index (Phi) is 5.07. The zero-order valence-electron chi connectivity index (χ0n) is 10.3. The summed E-state index contributed by atoms with van der Waals surface area (Å²) in [5.74, 6) is 0.262. The van der Waals surface area contributed by atoms with Crippen LogP contribution in [0.5, 0.6) is 0 Å². The summed E-state index contributed by atoms with van der Waals surface area (Å²) in [7, 11) is 0. The summed E-state index contributed by atoms with van der Waals surface area (Å²) in [5.41, 5.74) is -0.253. The fourth-order valence-corrected chi connectivity index (χ4v) is 1.97. The van der Waals surface area contributed by atoms with Crippen molar-refractivity contribution < 1.29 is 4.79 Å². The maximum absolute atomic E-state index is 12.0. The molecule has 0 aliphatic carbocycles. The third-order valence-electron chi connectivity index (χ3n) is 2.49. The van der Waals surface area contributed by atoms with Crippen LogP contribution in [0, 0.1) is 5.41 Å². The maximum Gasteiger partial charge on any atom is 0.228 e. The molecule has 2 atom stereocenters. The largest absolute Gasteiger partial charge is 0.339 e. The molecule has 1 aliphatic heterocycles. The Morgan fingerprint density at radius 2 is 1.60 bits per heavy atom. The molecule has 1 N–H and O–H groups in total. The first-order valence-corrected chi connectivity index (χ1v) is 5.36. The van der Waals surface area contributed by atoms with Crippen LogP contribution in [-0.2, 0) is 4.79 Å². The Morgan fingerprint density at radius 1 is 1.20 bits per heavy atom. The number of hydrogen-bond donors (Lipinski definition) is 1. The van der Waals surface area contributed by atoms with Crippen LogP contribution < -0.4 is 5.32 Å². The van der Waals surface area contributed by atoms with Gasteiger partial charge >= 0.3 is 0 Å². The molecule has 0 saturated carbocycles. The lowest BCUT2D eigenvalue weighted by Crippen LogP contribution is -2.57. The van der Waals surface area contributed by atoms with Crippen molar-refractivity contribution in [2.75, 3.05) is 13.1 Å². The van der Waals surface area contributed by atoms with Crippen molar-refractivity contribution >= 4 is 18.3 Å². The Labute approximate surface area is 99.0 Å². The van der Waals surface area contributed by atoms with Crippen LogP contribution in [0.4, 0.5) is 0 Å². The van der Waals surface area contributed by atoms with E-state index in [1.807, 2.05) is 25.7 Å². The fraction of sp³-hybridized carbons (Fsp3) is 0.909. The normalized spacial score (nSPS) is 27.1. The highest BCUT2D eigenvalue weighted by atomic mass is 35.5. The molecule has 0 spiro atoms. The van der Waals surface area contributed by atoms with Crippen LogP contribution in [0.15, 0.2) is 0 Å². The third kappa shape index (κ3) is 3.99. The van der Waals surface area contributed by atoms with Crippen molar-refractivity contribution in [1.82, 2.24) is 10.2 Å². The molecule has 0 aromatic carbocycles. The molecule has 0 radical (unpaired) electrons. The number of nitrogens with one attached hydrogen (secondary N) is 1. The Balaban J connectivity index is 0.00000196. The van der Waals surface area contributed by atoms with E-state index in [4.69, 9.17) is 0 Å². The van der Waals surface area contributed by atoms with E-state index in [0.717, 1.165) is 13.1 Å². The van der Waals surface area contributed by atoms with Gasteiger partial charge in [-0.05, 0) is 13.8 Å². The van der Waals surface area contributed by atoms with E-state index in [2.05, 4.69) is 19.2 Å². The second-order valence-electron chi connectivity index (χ2n) is 5.43. The molecule has 0 aromatic rings. The SMILES string of the molecule is CC1CN(C(=O)C(C)(C)C)CC(C)N1.Cl. The highest BCUT2D eigenvalue weighted by molar-refractivity contribution is 5.85. The van der Waals surface area contributed by atoms with Crippen molar-refractivity contribution in [2.24, 2.45) is 5.41 Å². The van der Waals surface area contributed by atoms with Gasteiger partial charge in [0, 0.05) is 30.6 Å². The van der Waals surface area contributed by atoms with Crippen LogP contribution in [0.2, 0.25) is 0 Å². The predicted molar refractivity (Wildman–Crippen MR) is 65.3 cm³/mol. The molecule has 4 heteroatoms. The second kappa shape index (κ2) is 5.17. The van der Waals surface area contributed by atoms with E-state index in [1.165, 1.54) is 0 Å². The lowest BCUT2D eigenvalue weighted by atomic mass is 9.93. The van der Waals surface area contributed by atoms with Gasteiger partial charge in [0.1, 0.15) is 0 Å². The Morgan fingerprint density at radius 3 is 1.93 bits per heavy atom. The predicted octanol–water partition coefficient (Wildman–Crippen LogP) is 1.66. The van der Waals surface area contributed by atoms with Gasteiger partial charge < -0.3 is 10.2 Å². The number of rotatable bonds is 0. The van der Waals surface area contributed by atoms with Crippen LogP contribution in [0.3, 0.4) is 0 Å². The van der Waals surface area contributed by atoms with Crippen molar-refractivity contribution in [2.45, 2.75) is 46.7 Å². The molecule has 3 nitrogen and oxygen atoms in total.